The second kappa shape index (κ2) is 6.37. The van der Waals surface area contributed by atoms with Crippen LogP contribution < -0.4 is 5.32 Å². The molecule has 2 bridgehead atoms. The number of carbonyl (C=O) groups excluding carboxylic acids is 1. The zero-order chi connectivity index (χ0) is 17.6. The summed E-state index contributed by atoms with van der Waals surface area (Å²) in [7, 11) is -3.55. The van der Waals surface area contributed by atoms with Crippen molar-refractivity contribution in [3.8, 4) is 0 Å². The summed E-state index contributed by atoms with van der Waals surface area (Å²) >= 11 is 0. The number of sulfonamides is 1. The maximum atomic E-state index is 12.9. The van der Waals surface area contributed by atoms with Crippen LogP contribution in [0, 0.1) is 18.8 Å². The highest BCUT2D eigenvalue weighted by molar-refractivity contribution is 7.89. The van der Waals surface area contributed by atoms with Crippen LogP contribution in [0.3, 0.4) is 0 Å². The highest BCUT2D eigenvalue weighted by atomic mass is 32.2. The first-order valence-electron chi connectivity index (χ1n) is 8.93. The predicted molar refractivity (Wildman–Crippen MR) is 92.4 cm³/mol. The summed E-state index contributed by atoms with van der Waals surface area (Å²) in [5.41, 5.74) is 1.02. The molecule has 3 fully saturated rings. The van der Waals surface area contributed by atoms with E-state index in [2.05, 4.69) is 5.32 Å². The van der Waals surface area contributed by atoms with E-state index in [1.165, 1.54) is 17.1 Å². The summed E-state index contributed by atoms with van der Waals surface area (Å²) in [5, 5.41) is 3.00. The summed E-state index contributed by atoms with van der Waals surface area (Å²) in [5.74, 6) is 0.389. The SMILES string of the molecule is Cc1ccc(S(=O)(=O)N2C[C@H]3C[C@@H](C(=O)NCC4CC4)[C@@H](C2)O3)cc1. The normalized spacial score (nSPS) is 29.6. The van der Waals surface area contributed by atoms with Gasteiger partial charge in [-0.05, 0) is 44.2 Å². The topological polar surface area (TPSA) is 75.7 Å². The largest absolute Gasteiger partial charge is 0.371 e. The molecule has 1 aromatic carbocycles. The molecule has 1 N–H and O–H groups in total. The van der Waals surface area contributed by atoms with Crippen LogP contribution in [0.1, 0.15) is 24.8 Å². The van der Waals surface area contributed by atoms with Gasteiger partial charge in [-0.2, -0.15) is 4.31 Å². The zero-order valence-corrected chi connectivity index (χ0v) is 15.2. The van der Waals surface area contributed by atoms with Gasteiger partial charge in [0.15, 0.2) is 0 Å². The van der Waals surface area contributed by atoms with E-state index in [9.17, 15) is 13.2 Å². The molecule has 0 radical (unpaired) electrons. The first-order chi connectivity index (χ1) is 11.9. The molecule has 1 saturated carbocycles. The minimum absolute atomic E-state index is 0.00832. The number of amides is 1. The quantitative estimate of drug-likeness (QED) is 0.854. The van der Waals surface area contributed by atoms with Gasteiger partial charge in [0, 0.05) is 19.6 Å². The van der Waals surface area contributed by atoms with Gasteiger partial charge in [0.25, 0.3) is 0 Å². The fourth-order valence-electron chi connectivity index (χ4n) is 3.65. The van der Waals surface area contributed by atoms with Gasteiger partial charge < -0.3 is 10.1 Å². The smallest absolute Gasteiger partial charge is 0.243 e. The lowest BCUT2D eigenvalue weighted by atomic mass is 9.99. The summed E-state index contributed by atoms with van der Waals surface area (Å²) in [6.07, 6.45) is 2.43. The molecule has 1 aromatic rings. The van der Waals surface area contributed by atoms with E-state index in [1.54, 1.807) is 24.3 Å². The third-order valence-corrected chi connectivity index (χ3v) is 7.23. The number of benzene rings is 1. The first kappa shape index (κ1) is 17.0. The molecule has 4 rings (SSSR count). The Morgan fingerprint density at radius 3 is 2.64 bits per heavy atom. The van der Waals surface area contributed by atoms with Gasteiger partial charge in [-0.1, -0.05) is 17.7 Å². The molecule has 0 unspecified atom stereocenters. The van der Waals surface area contributed by atoms with Crippen LogP contribution in [-0.4, -0.2) is 50.5 Å². The van der Waals surface area contributed by atoms with Gasteiger partial charge in [-0.3, -0.25) is 4.79 Å². The van der Waals surface area contributed by atoms with Crippen LogP contribution in [0.2, 0.25) is 0 Å². The van der Waals surface area contributed by atoms with E-state index >= 15 is 0 Å². The van der Waals surface area contributed by atoms with Gasteiger partial charge in [-0.25, -0.2) is 8.42 Å². The molecule has 3 atom stereocenters. The number of fused-ring (bicyclic) bond motifs is 2. The van der Waals surface area contributed by atoms with Crippen molar-refractivity contribution >= 4 is 15.9 Å². The van der Waals surface area contributed by atoms with Gasteiger partial charge >= 0.3 is 0 Å². The molecule has 7 heteroatoms. The van der Waals surface area contributed by atoms with Gasteiger partial charge in [0.05, 0.1) is 23.0 Å². The van der Waals surface area contributed by atoms with Gasteiger partial charge in [0.1, 0.15) is 0 Å². The number of ether oxygens (including phenoxy) is 1. The fourth-order valence-corrected chi connectivity index (χ4v) is 5.14. The average Bonchev–Trinajstić information content (AvgIpc) is 3.37. The van der Waals surface area contributed by atoms with E-state index in [0.29, 0.717) is 23.8 Å². The van der Waals surface area contributed by atoms with Crippen molar-refractivity contribution in [3.63, 3.8) is 0 Å². The Hall–Kier alpha value is -1.44. The van der Waals surface area contributed by atoms with Crippen molar-refractivity contribution in [2.24, 2.45) is 11.8 Å². The highest BCUT2D eigenvalue weighted by Crippen LogP contribution is 2.35. The highest BCUT2D eigenvalue weighted by Gasteiger charge is 2.47. The summed E-state index contributed by atoms with van der Waals surface area (Å²) in [4.78, 5) is 12.7. The van der Waals surface area contributed by atoms with Crippen molar-refractivity contribution < 1.29 is 17.9 Å². The van der Waals surface area contributed by atoms with Crippen LogP contribution >= 0.6 is 0 Å². The number of nitrogens with zero attached hydrogens (tertiary/aromatic N) is 1. The van der Waals surface area contributed by atoms with Crippen molar-refractivity contribution in [1.82, 2.24) is 9.62 Å². The Labute approximate surface area is 148 Å². The lowest BCUT2D eigenvalue weighted by Crippen LogP contribution is -2.47. The average molecular weight is 364 g/mol. The predicted octanol–water partition coefficient (Wildman–Crippen LogP) is 1.30. The first-order valence-corrected chi connectivity index (χ1v) is 10.4. The molecular formula is C18H24N2O4S. The van der Waals surface area contributed by atoms with Crippen LogP contribution in [0.5, 0.6) is 0 Å². The molecule has 1 aliphatic carbocycles. The number of aryl methyl sites for hydroxylation is 1. The summed E-state index contributed by atoms with van der Waals surface area (Å²) in [6.45, 7) is 3.22. The fraction of sp³-hybridized carbons (Fsp3) is 0.611. The van der Waals surface area contributed by atoms with Crippen molar-refractivity contribution in [1.29, 1.82) is 0 Å². The molecule has 0 spiro atoms. The number of hydrogen-bond acceptors (Lipinski definition) is 4. The maximum Gasteiger partial charge on any atom is 0.243 e. The molecule has 25 heavy (non-hydrogen) atoms. The second-order valence-electron chi connectivity index (χ2n) is 7.46. The van der Waals surface area contributed by atoms with E-state index in [0.717, 1.165) is 12.1 Å². The Morgan fingerprint density at radius 2 is 1.96 bits per heavy atom. The van der Waals surface area contributed by atoms with Crippen molar-refractivity contribution in [3.05, 3.63) is 29.8 Å². The molecule has 0 aromatic heterocycles. The summed E-state index contributed by atoms with van der Waals surface area (Å²) in [6, 6.07) is 6.88. The molecule has 3 aliphatic rings. The Balaban J connectivity index is 1.45. The van der Waals surface area contributed by atoms with Crippen molar-refractivity contribution in [2.45, 2.75) is 43.3 Å². The van der Waals surface area contributed by atoms with Crippen LogP contribution in [0.25, 0.3) is 0 Å². The number of nitrogens with one attached hydrogen (secondary N) is 1. The maximum absolute atomic E-state index is 12.9. The third kappa shape index (κ3) is 3.45. The van der Waals surface area contributed by atoms with Gasteiger partial charge in [-0.15, -0.1) is 0 Å². The monoisotopic (exact) mass is 364 g/mol. The number of carbonyl (C=O) groups is 1. The second-order valence-corrected chi connectivity index (χ2v) is 9.40. The van der Waals surface area contributed by atoms with Crippen LogP contribution in [0.15, 0.2) is 29.2 Å². The molecule has 6 nitrogen and oxygen atoms in total. The Bertz CT molecular complexity index is 758. The van der Waals surface area contributed by atoms with Crippen LogP contribution in [0.4, 0.5) is 0 Å². The minimum Gasteiger partial charge on any atom is -0.371 e. The van der Waals surface area contributed by atoms with E-state index in [-0.39, 0.29) is 30.6 Å². The molecule has 2 saturated heterocycles. The number of rotatable bonds is 5. The number of morpholine rings is 1. The Kier molecular flexibility index (Phi) is 4.33. The van der Waals surface area contributed by atoms with E-state index in [4.69, 9.17) is 4.74 Å². The molecular weight excluding hydrogens is 340 g/mol. The molecule has 2 heterocycles. The zero-order valence-electron chi connectivity index (χ0n) is 14.3. The third-order valence-electron chi connectivity index (χ3n) is 5.38. The van der Waals surface area contributed by atoms with Gasteiger partial charge in [0.2, 0.25) is 15.9 Å². The standard InChI is InChI=1S/C18H24N2O4S/c1-12-2-6-15(7-3-12)25(22,23)20-10-14-8-16(17(11-20)24-14)18(21)19-9-13-4-5-13/h2-3,6-7,13-14,16-17H,4-5,8-11H2,1H3,(H,19,21)/t14-,16-,17-/m1/s1. The van der Waals surface area contributed by atoms with Crippen LogP contribution in [-0.2, 0) is 19.6 Å². The van der Waals surface area contributed by atoms with E-state index < -0.39 is 10.0 Å². The number of hydrogen-bond donors (Lipinski definition) is 1. The van der Waals surface area contributed by atoms with E-state index in [1.807, 2.05) is 6.92 Å². The minimum atomic E-state index is -3.55. The lowest BCUT2D eigenvalue weighted by Gasteiger charge is -2.32. The van der Waals surface area contributed by atoms with Crippen molar-refractivity contribution in [2.75, 3.05) is 19.6 Å². The lowest BCUT2D eigenvalue weighted by molar-refractivity contribution is -0.127. The molecule has 2 aliphatic heterocycles. The Morgan fingerprint density at radius 1 is 1.24 bits per heavy atom. The molecule has 136 valence electrons. The summed E-state index contributed by atoms with van der Waals surface area (Å²) < 4.78 is 33.1. The molecule has 1 amide bonds.